The lowest BCUT2D eigenvalue weighted by atomic mass is 10.2. The number of aromatic nitrogens is 5. The Labute approximate surface area is 189 Å². The van der Waals surface area contributed by atoms with Crippen LogP contribution in [-0.2, 0) is 13.0 Å². The standard InChI is InChI=1S/C22H22N6OS2/c1-4-11-27-19(25-26-22(27)30)12-17-13-31-21(23-17)24-20(29)16-7-9-18(10-8-16)28-14(2)5-6-15(28)3/h4-10,13H,1,11-12H2,2-3H3,(H,26,30)(H,23,24,29). The molecule has 0 fully saturated rings. The summed E-state index contributed by atoms with van der Waals surface area (Å²) in [7, 11) is 0. The number of benzene rings is 1. The SMILES string of the molecule is C=CCn1c(Cc2csc(NC(=O)c3ccc(-n4c(C)ccc4C)cc3)n2)n[nH]c1=S. The van der Waals surface area contributed by atoms with Crippen LogP contribution in [0.5, 0.6) is 0 Å². The Morgan fingerprint density at radius 3 is 2.61 bits per heavy atom. The predicted molar refractivity (Wildman–Crippen MR) is 126 cm³/mol. The van der Waals surface area contributed by atoms with Crippen molar-refractivity contribution in [3.63, 3.8) is 0 Å². The Hall–Kier alpha value is -3.30. The molecule has 0 aliphatic rings. The third-order valence-corrected chi connectivity index (χ3v) is 6.04. The summed E-state index contributed by atoms with van der Waals surface area (Å²) in [5.41, 5.74) is 4.73. The van der Waals surface area contributed by atoms with Crippen molar-refractivity contribution in [3.8, 4) is 5.69 Å². The third kappa shape index (κ3) is 4.42. The van der Waals surface area contributed by atoms with Gasteiger partial charge >= 0.3 is 0 Å². The summed E-state index contributed by atoms with van der Waals surface area (Å²) in [6.45, 7) is 8.45. The van der Waals surface area contributed by atoms with Gasteiger partial charge in [0.25, 0.3) is 5.91 Å². The molecule has 9 heteroatoms. The maximum Gasteiger partial charge on any atom is 0.257 e. The Kier molecular flexibility index (Phi) is 5.97. The summed E-state index contributed by atoms with van der Waals surface area (Å²) >= 11 is 6.62. The molecule has 0 unspecified atom stereocenters. The van der Waals surface area contributed by atoms with Crippen molar-refractivity contribution >= 4 is 34.6 Å². The normalized spacial score (nSPS) is 10.9. The van der Waals surface area contributed by atoms with E-state index in [4.69, 9.17) is 12.2 Å². The zero-order valence-electron chi connectivity index (χ0n) is 17.3. The first kappa shape index (κ1) is 21.0. The second-order valence-electron chi connectivity index (χ2n) is 7.12. The van der Waals surface area contributed by atoms with Gasteiger partial charge in [-0.1, -0.05) is 6.08 Å². The molecule has 0 bridgehead atoms. The number of carbonyl (C=O) groups excluding carboxylic acids is 1. The van der Waals surface area contributed by atoms with E-state index in [0.29, 0.717) is 28.4 Å². The van der Waals surface area contributed by atoms with Gasteiger partial charge in [-0.3, -0.25) is 19.8 Å². The first-order valence-electron chi connectivity index (χ1n) is 9.72. The number of hydrogen-bond donors (Lipinski definition) is 2. The van der Waals surface area contributed by atoms with E-state index in [-0.39, 0.29) is 5.91 Å². The van der Waals surface area contributed by atoms with Crippen LogP contribution in [0.4, 0.5) is 5.13 Å². The Morgan fingerprint density at radius 2 is 1.94 bits per heavy atom. The number of nitrogens with zero attached hydrogens (tertiary/aromatic N) is 4. The van der Waals surface area contributed by atoms with E-state index in [1.54, 1.807) is 6.08 Å². The summed E-state index contributed by atoms with van der Waals surface area (Å²) < 4.78 is 4.57. The lowest BCUT2D eigenvalue weighted by molar-refractivity contribution is 0.102. The van der Waals surface area contributed by atoms with E-state index in [1.165, 1.54) is 11.3 Å². The lowest BCUT2D eigenvalue weighted by Gasteiger charge is -2.10. The van der Waals surface area contributed by atoms with Gasteiger partial charge in [-0.2, -0.15) is 5.10 Å². The average Bonchev–Trinajstić information content (AvgIpc) is 3.44. The molecular formula is C22H22N6OS2. The number of rotatable bonds is 7. The molecule has 7 nitrogen and oxygen atoms in total. The van der Waals surface area contributed by atoms with Crippen LogP contribution in [0.2, 0.25) is 0 Å². The molecule has 0 radical (unpaired) electrons. The van der Waals surface area contributed by atoms with E-state index in [0.717, 1.165) is 28.6 Å². The molecule has 0 saturated carbocycles. The maximum absolute atomic E-state index is 12.7. The smallest absolute Gasteiger partial charge is 0.257 e. The first-order valence-corrected chi connectivity index (χ1v) is 11.0. The molecule has 0 aliphatic heterocycles. The summed E-state index contributed by atoms with van der Waals surface area (Å²) in [5, 5.41) is 12.4. The zero-order chi connectivity index (χ0) is 22.0. The molecule has 0 saturated heterocycles. The van der Waals surface area contributed by atoms with Gasteiger partial charge in [0, 0.05) is 34.6 Å². The van der Waals surface area contributed by atoms with Crippen LogP contribution in [-0.4, -0.2) is 30.2 Å². The second-order valence-corrected chi connectivity index (χ2v) is 8.36. The molecule has 1 amide bonds. The summed E-state index contributed by atoms with van der Waals surface area (Å²) in [4.78, 5) is 17.2. The van der Waals surface area contributed by atoms with E-state index in [9.17, 15) is 4.79 Å². The van der Waals surface area contributed by atoms with Crippen LogP contribution >= 0.6 is 23.6 Å². The van der Waals surface area contributed by atoms with E-state index < -0.39 is 0 Å². The second kappa shape index (κ2) is 8.83. The molecule has 4 aromatic rings. The Balaban J connectivity index is 1.45. The molecule has 2 N–H and O–H groups in total. The Morgan fingerprint density at radius 1 is 1.23 bits per heavy atom. The number of allylic oxidation sites excluding steroid dienone is 1. The van der Waals surface area contributed by atoms with Gasteiger partial charge in [0.05, 0.1) is 12.1 Å². The number of H-pyrrole nitrogens is 1. The highest BCUT2D eigenvalue weighted by atomic mass is 32.1. The minimum Gasteiger partial charge on any atom is -0.319 e. The fraction of sp³-hybridized carbons (Fsp3) is 0.182. The highest BCUT2D eigenvalue weighted by molar-refractivity contribution is 7.71. The zero-order valence-corrected chi connectivity index (χ0v) is 18.9. The molecule has 1 aromatic carbocycles. The topological polar surface area (TPSA) is 80.5 Å². The fourth-order valence-electron chi connectivity index (χ4n) is 3.42. The molecule has 0 aliphatic carbocycles. The first-order chi connectivity index (χ1) is 15.0. The minimum absolute atomic E-state index is 0.192. The van der Waals surface area contributed by atoms with Crippen LogP contribution in [0.25, 0.3) is 5.69 Å². The highest BCUT2D eigenvalue weighted by Crippen LogP contribution is 2.20. The summed E-state index contributed by atoms with van der Waals surface area (Å²) in [6.07, 6.45) is 2.28. The van der Waals surface area contributed by atoms with E-state index in [1.807, 2.05) is 34.2 Å². The van der Waals surface area contributed by atoms with Crippen LogP contribution in [0.15, 0.2) is 54.4 Å². The summed E-state index contributed by atoms with van der Waals surface area (Å²) in [6, 6.07) is 11.7. The van der Waals surface area contributed by atoms with Gasteiger partial charge in [-0.25, -0.2) is 4.98 Å². The van der Waals surface area contributed by atoms with Crippen LogP contribution in [0.1, 0.15) is 33.3 Å². The van der Waals surface area contributed by atoms with Gasteiger partial charge in [-0.15, -0.1) is 17.9 Å². The number of anilines is 1. The van der Waals surface area contributed by atoms with Crippen molar-refractivity contribution in [2.24, 2.45) is 0 Å². The average molecular weight is 451 g/mol. The minimum atomic E-state index is -0.192. The highest BCUT2D eigenvalue weighted by Gasteiger charge is 2.13. The van der Waals surface area contributed by atoms with Crippen molar-refractivity contribution in [1.29, 1.82) is 0 Å². The molecule has 3 aromatic heterocycles. The summed E-state index contributed by atoms with van der Waals surface area (Å²) in [5.74, 6) is 0.585. The van der Waals surface area contributed by atoms with Crippen LogP contribution in [0.3, 0.4) is 0 Å². The number of nitrogens with one attached hydrogen (secondary N) is 2. The van der Waals surface area contributed by atoms with Gasteiger partial charge < -0.3 is 4.57 Å². The van der Waals surface area contributed by atoms with Crippen molar-refractivity contribution < 1.29 is 4.79 Å². The van der Waals surface area contributed by atoms with E-state index in [2.05, 4.69) is 57.6 Å². The molecule has 3 heterocycles. The maximum atomic E-state index is 12.7. The van der Waals surface area contributed by atoms with Crippen molar-refractivity contribution in [3.05, 3.63) is 87.7 Å². The predicted octanol–water partition coefficient (Wildman–Crippen LogP) is 4.83. The van der Waals surface area contributed by atoms with Gasteiger partial charge in [0.1, 0.15) is 5.82 Å². The number of aromatic amines is 1. The quantitative estimate of drug-likeness (QED) is 0.312. The van der Waals surface area contributed by atoms with Crippen LogP contribution < -0.4 is 5.32 Å². The lowest BCUT2D eigenvalue weighted by Crippen LogP contribution is -2.12. The Bertz CT molecular complexity index is 1270. The number of hydrogen-bond acceptors (Lipinski definition) is 5. The molecule has 31 heavy (non-hydrogen) atoms. The van der Waals surface area contributed by atoms with Crippen molar-refractivity contribution in [1.82, 2.24) is 24.3 Å². The number of amides is 1. The molecule has 4 rings (SSSR count). The molecular weight excluding hydrogens is 428 g/mol. The van der Waals surface area contributed by atoms with Gasteiger partial charge in [0.15, 0.2) is 9.90 Å². The van der Waals surface area contributed by atoms with Gasteiger partial charge in [-0.05, 0) is 62.5 Å². The fourth-order valence-corrected chi connectivity index (χ4v) is 4.35. The van der Waals surface area contributed by atoms with Crippen molar-refractivity contribution in [2.45, 2.75) is 26.8 Å². The molecule has 158 valence electrons. The number of aryl methyl sites for hydroxylation is 2. The van der Waals surface area contributed by atoms with E-state index >= 15 is 0 Å². The third-order valence-electron chi connectivity index (χ3n) is 4.92. The number of thiazole rings is 1. The van der Waals surface area contributed by atoms with Gasteiger partial charge in [0.2, 0.25) is 0 Å². The molecule has 0 atom stereocenters. The van der Waals surface area contributed by atoms with Crippen molar-refractivity contribution in [2.75, 3.05) is 5.32 Å². The number of carbonyl (C=O) groups is 1. The largest absolute Gasteiger partial charge is 0.319 e. The molecule has 0 spiro atoms. The monoisotopic (exact) mass is 450 g/mol. The van der Waals surface area contributed by atoms with Crippen LogP contribution in [0, 0.1) is 18.6 Å².